The third-order valence-corrected chi connectivity index (χ3v) is 8.19. The van der Waals surface area contributed by atoms with Crippen molar-refractivity contribution in [3.63, 3.8) is 0 Å². The van der Waals surface area contributed by atoms with Gasteiger partial charge in [-0.15, -0.1) is 0 Å². The number of aromatic nitrogens is 2. The quantitative estimate of drug-likeness (QED) is 0.552. The Morgan fingerprint density at radius 1 is 0.938 bits per heavy atom. The summed E-state index contributed by atoms with van der Waals surface area (Å²) in [7, 11) is -3.73. The van der Waals surface area contributed by atoms with Gasteiger partial charge in [0.15, 0.2) is 0 Å². The van der Waals surface area contributed by atoms with Gasteiger partial charge in [0, 0.05) is 26.2 Å². The Labute approximate surface area is 197 Å². The summed E-state index contributed by atoms with van der Waals surface area (Å²) in [6.07, 6.45) is 0. The molecule has 0 saturated carbocycles. The Kier molecular flexibility index (Phi) is 6.31. The SMILES string of the molecule is Cc1nn(-c2ccccc2)c(C)c1C(=O)N1CCN(S(=O)(=O)c2ccc(Cl)c(Cl)c2)CC1. The van der Waals surface area contributed by atoms with E-state index in [4.69, 9.17) is 23.2 Å². The molecule has 168 valence electrons. The number of amides is 1. The highest BCUT2D eigenvalue weighted by atomic mass is 35.5. The summed E-state index contributed by atoms with van der Waals surface area (Å²) in [5.41, 5.74) is 2.83. The fraction of sp³-hybridized carbons (Fsp3) is 0.273. The average Bonchev–Trinajstić information content (AvgIpc) is 3.09. The van der Waals surface area contributed by atoms with Gasteiger partial charge in [0.25, 0.3) is 5.91 Å². The third kappa shape index (κ3) is 4.15. The van der Waals surface area contributed by atoms with Crippen LogP contribution < -0.4 is 0 Å². The summed E-state index contributed by atoms with van der Waals surface area (Å²) in [6.45, 7) is 4.64. The Bertz CT molecular complexity index is 1270. The van der Waals surface area contributed by atoms with Crippen LogP contribution in [0.5, 0.6) is 0 Å². The molecule has 1 aromatic heterocycles. The zero-order chi connectivity index (χ0) is 23.0. The van der Waals surface area contributed by atoms with Crippen LogP contribution in [0, 0.1) is 13.8 Å². The highest BCUT2D eigenvalue weighted by molar-refractivity contribution is 7.89. The third-order valence-electron chi connectivity index (χ3n) is 5.56. The van der Waals surface area contributed by atoms with Gasteiger partial charge in [0.2, 0.25) is 10.0 Å². The lowest BCUT2D eigenvalue weighted by Gasteiger charge is -2.34. The fourth-order valence-electron chi connectivity index (χ4n) is 3.85. The van der Waals surface area contributed by atoms with Gasteiger partial charge in [-0.2, -0.15) is 9.40 Å². The van der Waals surface area contributed by atoms with Crippen molar-refractivity contribution in [2.45, 2.75) is 18.7 Å². The molecule has 4 rings (SSSR count). The maximum Gasteiger partial charge on any atom is 0.257 e. The number of hydrogen-bond acceptors (Lipinski definition) is 4. The van der Waals surface area contributed by atoms with Crippen molar-refractivity contribution in [1.29, 1.82) is 0 Å². The van der Waals surface area contributed by atoms with Gasteiger partial charge in [-0.3, -0.25) is 4.79 Å². The Balaban J connectivity index is 1.51. The molecule has 0 spiro atoms. The van der Waals surface area contributed by atoms with Crippen molar-refractivity contribution in [2.75, 3.05) is 26.2 Å². The zero-order valence-corrected chi connectivity index (χ0v) is 20.0. The number of piperazine rings is 1. The van der Waals surface area contributed by atoms with E-state index in [2.05, 4.69) is 5.10 Å². The number of hydrogen-bond donors (Lipinski definition) is 0. The van der Waals surface area contributed by atoms with Crippen molar-refractivity contribution >= 4 is 39.1 Å². The molecule has 1 saturated heterocycles. The van der Waals surface area contributed by atoms with Gasteiger partial charge in [-0.05, 0) is 44.2 Å². The van der Waals surface area contributed by atoms with Gasteiger partial charge < -0.3 is 4.90 Å². The molecule has 1 amide bonds. The average molecular weight is 493 g/mol. The van der Waals surface area contributed by atoms with Crippen LogP contribution in [-0.4, -0.2) is 59.5 Å². The van der Waals surface area contributed by atoms with Gasteiger partial charge in [-0.25, -0.2) is 13.1 Å². The van der Waals surface area contributed by atoms with Gasteiger partial charge in [-0.1, -0.05) is 41.4 Å². The van der Waals surface area contributed by atoms with Gasteiger partial charge >= 0.3 is 0 Å². The molecule has 3 aromatic rings. The van der Waals surface area contributed by atoms with Crippen molar-refractivity contribution in [2.24, 2.45) is 0 Å². The molecule has 1 aliphatic heterocycles. The van der Waals surface area contributed by atoms with E-state index in [0.29, 0.717) is 16.3 Å². The molecule has 0 atom stereocenters. The van der Waals surface area contributed by atoms with E-state index < -0.39 is 10.0 Å². The lowest BCUT2D eigenvalue weighted by molar-refractivity contribution is 0.0696. The number of rotatable bonds is 4. The predicted octanol–water partition coefficient (Wildman–Crippen LogP) is 3.94. The van der Waals surface area contributed by atoms with Crippen LogP contribution in [0.15, 0.2) is 53.4 Å². The van der Waals surface area contributed by atoms with E-state index in [1.807, 2.05) is 44.2 Å². The number of sulfonamides is 1. The number of carbonyl (C=O) groups excluding carboxylic acids is 1. The van der Waals surface area contributed by atoms with Crippen LogP contribution in [0.4, 0.5) is 0 Å². The summed E-state index contributed by atoms with van der Waals surface area (Å²) in [5.74, 6) is -0.145. The van der Waals surface area contributed by atoms with E-state index in [1.54, 1.807) is 9.58 Å². The number of halogens is 2. The van der Waals surface area contributed by atoms with Crippen LogP contribution in [0.2, 0.25) is 10.0 Å². The Morgan fingerprint density at radius 2 is 1.59 bits per heavy atom. The topological polar surface area (TPSA) is 75.5 Å². The summed E-state index contributed by atoms with van der Waals surface area (Å²) in [5, 5.41) is 5.02. The van der Waals surface area contributed by atoms with E-state index in [-0.39, 0.29) is 42.0 Å². The highest BCUT2D eigenvalue weighted by Crippen LogP contribution is 2.27. The van der Waals surface area contributed by atoms with Gasteiger partial charge in [0.1, 0.15) is 0 Å². The van der Waals surface area contributed by atoms with Crippen molar-refractivity contribution in [1.82, 2.24) is 19.0 Å². The molecule has 0 aliphatic carbocycles. The second-order valence-corrected chi connectivity index (χ2v) is 10.3. The molecular formula is C22H22Cl2N4O3S. The molecule has 0 radical (unpaired) electrons. The van der Waals surface area contributed by atoms with E-state index in [9.17, 15) is 13.2 Å². The molecule has 0 bridgehead atoms. The smallest absolute Gasteiger partial charge is 0.257 e. The van der Waals surface area contributed by atoms with Crippen molar-refractivity contribution in [3.05, 3.63) is 75.5 Å². The fourth-order valence-corrected chi connectivity index (χ4v) is 5.66. The van der Waals surface area contributed by atoms with Crippen LogP contribution >= 0.6 is 23.2 Å². The molecule has 7 nitrogen and oxygen atoms in total. The van der Waals surface area contributed by atoms with Crippen LogP contribution in [0.25, 0.3) is 5.69 Å². The van der Waals surface area contributed by atoms with Crippen molar-refractivity contribution < 1.29 is 13.2 Å². The maximum absolute atomic E-state index is 13.3. The number of carbonyl (C=O) groups is 1. The lowest BCUT2D eigenvalue weighted by Crippen LogP contribution is -2.50. The predicted molar refractivity (Wildman–Crippen MR) is 124 cm³/mol. The minimum Gasteiger partial charge on any atom is -0.336 e. The lowest BCUT2D eigenvalue weighted by atomic mass is 10.1. The Hall–Kier alpha value is -2.39. The number of para-hydroxylation sites is 1. The highest BCUT2D eigenvalue weighted by Gasteiger charge is 2.32. The molecule has 2 heterocycles. The second kappa shape index (κ2) is 8.86. The summed E-state index contributed by atoms with van der Waals surface area (Å²) < 4.78 is 29.1. The molecule has 32 heavy (non-hydrogen) atoms. The van der Waals surface area contributed by atoms with Crippen molar-refractivity contribution in [3.8, 4) is 5.69 Å². The molecule has 0 N–H and O–H groups in total. The molecule has 10 heteroatoms. The van der Waals surface area contributed by atoms with Gasteiger partial charge in [0.05, 0.1) is 37.6 Å². The monoisotopic (exact) mass is 492 g/mol. The number of aryl methyl sites for hydroxylation is 1. The summed E-state index contributed by atoms with van der Waals surface area (Å²) in [6, 6.07) is 13.9. The van der Waals surface area contributed by atoms with Crippen LogP contribution in [0.3, 0.4) is 0 Å². The summed E-state index contributed by atoms with van der Waals surface area (Å²) >= 11 is 11.9. The first-order chi connectivity index (χ1) is 15.2. The normalized spacial score (nSPS) is 15.2. The zero-order valence-electron chi connectivity index (χ0n) is 17.6. The molecular weight excluding hydrogens is 471 g/mol. The number of nitrogens with zero attached hydrogens (tertiary/aromatic N) is 4. The standard InChI is InChI=1S/C22H22Cl2N4O3S/c1-15-21(16(2)28(25-15)17-6-4-3-5-7-17)22(29)26-10-12-27(13-11-26)32(30,31)18-8-9-19(23)20(24)14-18/h3-9,14H,10-13H2,1-2H3. The first-order valence-corrected chi connectivity index (χ1v) is 12.3. The van der Waals surface area contributed by atoms with E-state index in [1.165, 1.54) is 22.5 Å². The van der Waals surface area contributed by atoms with Crippen LogP contribution in [-0.2, 0) is 10.0 Å². The first kappa shape index (κ1) is 22.8. The van der Waals surface area contributed by atoms with E-state index >= 15 is 0 Å². The molecule has 2 aromatic carbocycles. The summed E-state index contributed by atoms with van der Waals surface area (Å²) in [4.78, 5) is 15.0. The molecule has 1 aliphatic rings. The first-order valence-electron chi connectivity index (χ1n) is 10.1. The van der Waals surface area contributed by atoms with Crippen LogP contribution in [0.1, 0.15) is 21.7 Å². The molecule has 0 unspecified atom stereocenters. The number of benzene rings is 2. The second-order valence-electron chi connectivity index (χ2n) is 7.57. The Morgan fingerprint density at radius 3 is 2.22 bits per heavy atom. The van der Waals surface area contributed by atoms with E-state index in [0.717, 1.165) is 11.4 Å². The maximum atomic E-state index is 13.3. The minimum atomic E-state index is -3.73. The largest absolute Gasteiger partial charge is 0.336 e. The molecule has 1 fully saturated rings. The minimum absolute atomic E-state index is 0.0857.